The van der Waals surface area contributed by atoms with E-state index in [4.69, 9.17) is 0 Å². The predicted molar refractivity (Wildman–Crippen MR) is 146 cm³/mol. The molecule has 0 amide bonds. The Hall–Kier alpha value is -0.0403. The molecule has 174 valence electrons. The fourth-order valence-electron chi connectivity index (χ4n) is 4.69. The van der Waals surface area contributed by atoms with Gasteiger partial charge in [-0.25, -0.2) is 0 Å². The SMILES string of the molecule is C/C=C\C(/C=C\C)(CCCCCCCCCCCCCCCCC)c1ccccc1.[CaH2]. The molecule has 0 nitrogen and oxygen atoms in total. The van der Waals surface area contributed by atoms with Crippen molar-refractivity contribution >= 4 is 37.7 Å². The van der Waals surface area contributed by atoms with Crippen molar-refractivity contribution in [3.05, 3.63) is 60.2 Å². The van der Waals surface area contributed by atoms with Crippen LogP contribution in [0.3, 0.4) is 0 Å². The molecule has 1 heteroatoms. The summed E-state index contributed by atoms with van der Waals surface area (Å²) >= 11 is 0. The summed E-state index contributed by atoms with van der Waals surface area (Å²) < 4.78 is 0. The fraction of sp³-hybridized carbons (Fsp3) is 0.667. The maximum atomic E-state index is 2.39. The molecule has 1 aromatic carbocycles. The molecule has 1 rings (SSSR count). The van der Waals surface area contributed by atoms with Crippen LogP contribution in [0.1, 0.15) is 129 Å². The van der Waals surface area contributed by atoms with Crippen molar-refractivity contribution in [2.75, 3.05) is 0 Å². The second-order valence-electron chi connectivity index (χ2n) is 9.11. The van der Waals surface area contributed by atoms with Gasteiger partial charge in [0.1, 0.15) is 0 Å². The summed E-state index contributed by atoms with van der Waals surface area (Å²) in [5, 5.41) is 0. The molecule has 0 N–H and O–H groups in total. The summed E-state index contributed by atoms with van der Waals surface area (Å²) in [7, 11) is 0. The zero-order valence-electron chi connectivity index (χ0n) is 20.5. The summed E-state index contributed by atoms with van der Waals surface area (Å²) in [5.41, 5.74) is 1.49. The first-order valence-corrected chi connectivity index (χ1v) is 13.1. The van der Waals surface area contributed by atoms with Gasteiger partial charge in [0.05, 0.1) is 0 Å². The Morgan fingerprint density at radius 1 is 0.581 bits per heavy atom. The van der Waals surface area contributed by atoms with Crippen molar-refractivity contribution in [2.45, 2.75) is 129 Å². The van der Waals surface area contributed by atoms with Crippen LogP contribution < -0.4 is 0 Å². The fourth-order valence-corrected chi connectivity index (χ4v) is 4.69. The van der Waals surface area contributed by atoms with Crippen LogP contribution in [0.2, 0.25) is 0 Å². The van der Waals surface area contributed by atoms with Crippen LogP contribution in [-0.2, 0) is 5.41 Å². The van der Waals surface area contributed by atoms with E-state index in [9.17, 15) is 0 Å². The normalized spacial score (nSPS) is 12.0. The van der Waals surface area contributed by atoms with Crippen LogP contribution in [0.4, 0.5) is 0 Å². The minimum atomic E-state index is 0. The minimum absolute atomic E-state index is 0. The van der Waals surface area contributed by atoms with Gasteiger partial charge in [-0.3, -0.25) is 0 Å². The summed E-state index contributed by atoms with van der Waals surface area (Å²) in [4.78, 5) is 0. The quantitative estimate of drug-likeness (QED) is 0.111. The Balaban J connectivity index is 0.00000900. The third-order valence-electron chi connectivity index (χ3n) is 6.43. The molecule has 0 aliphatic heterocycles. The summed E-state index contributed by atoms with van der Waals surface area (Å²) in [6.07, 6.45) is 31.8. The molecule has 0 aromatic heterocycles. The molecular formula is C30H52Ca. The molecule has 0 saturated heterocycles. The molecule has 0 heterocycles. The molecule has 0 radical (unpaired) electrons. The van der Waals surface area contributed by atoms with Gasteiger partial charge in [-0.15, -0.1) is 0 Å². The summed E-state index contributed by atoms with van der Waals surface area (Å²) in [6.45, 7) is 6.59. The topological polar surface area (TPSA) is 0 Å². The van der Waals surface area contributed by atoms with Crippen LogP contribution in [0, 0.1) is 0 Å². The van der Waals surface area contributed by atoms with Gasteiger partial charge in [-0.1, -0.05) is 158 Å². The third kappa shape index (κ3) is 14.7. The second-order valence-corrected chi connectivity index (χ2v) is 9.11. The van der Waals surface area contributed by atoms with Gasteiger partial charge >= 0.3 is 37.7 Å². The molecule has 0 aliphatic rings. The molecule has 1 aromatic rings. The first kappa shape index (κ1) is 31.0. The molecule has 0 saturated carbocycles. The van der Waals surface area contributed by atoms with E-state index < -0.39 is 0 Å². The van der Waals surface area contributed by atoms with Crippen molar-refractivity contribution in [2.24, 2.45) is 0 Å². The Labute approximate surface area is 225 Å². The van der Waals surface area contributed by atoms with E-state index in [0.29, 0.717) is 0 Å². The van der Waals surface area contributed by atoms with Crippen molar-refractivity contribution in [3.8, 4) is 0 Å². The van der Waals surface area contributed by atoms with Gasteiger partial charge in [0.25, 0.3) is 0 Å². The van der Waals surface area contributed by atoms with E-state index in [1.54, 1.807) is 0 Å². The molecular weight excluding hydrogens is 400 g/mol. The monoisotopic (exact) mass is 452 g/mol. The van der Waals surface area contributed by atoms with Crippen molar-refractivity contribution < 1.29 is 0 Å². The Kier molecular flexibility index (Phi) is 21.8. The number of hydrogen-bond acceptors (Lipinski definition) is 0. The van der Waals surface area contributed by atoms with Crippen LogP contribution in [0.5, 0.6) is 0 Å². The first-order chi connectivity index (χ1) is 14.8. The van der Waals surface area contributed by atoms with E-state index >= 15 is 0 Å². The van der Waals surface area contributed by atoms with Gasteiger partial charge in [0.2, 0.25) is 0 Å². The average molecular weight is 453 g/mol. The van der Waals surface area contributed by atoms with E-state index in [1.807, 2.05) is 0 Å². The Morgan fingerprint density at radius 3 is 1.35 bits per heavy atom. The second kappa shape index (κ2) is 21.8. The van der Waals surface area contributed by atoms with E-state index in [2.05, 4.69) is 75.4 Å². The molecule has 0 aliphatic carbocycles. The van der Waals surface area contributed by atoms with Crippen LogP contribution in [0.15, 0.2) is 54.6 Å². The zero-order valence-corrected chi connectivity index (χ0v) is 20.5. The molecule has 31 heavy (non-hydrogen) atoms. The predicted octanol–water partition coefficient (Wildman–Crippen LogP) is 9.42. The molecule has 0 bridgehead atoms. The third-order valence-corrected chi connectivity index (χ3v) is 6.43. The van der Waals surface area contributed by atoms with Gasteiger partial charge in [0.15, 0.2) is 0 Å². The average Bonchev–Trinajstić information content (AvgIpc) is 2.77. The summed E-state index contributed by atoms with van der Waals surface area (Å²) in [5.74, 6) is 0. The maximum absolute atomic E-state index is 2.39. The van der Waals surface area contributed by atoms with Gasteiger partial charge in [0, 0.05) is 5.41 Å². The number of hydrogen-bond donors (Lipinski definition) is 0. The number of benzene rings is 1. The molecule has 0 unspecified atom stereocenters. The van der Waals surface area contributed by atoms with Crippen molar-refractivity contribution in [1.82, 2.24) is 0 Å². The number of rotatable bonds is 19. The Bertz CT molecular complexity index is 531. The standard InChI is InChI=1S/C30H50.Ca.2H/c1-4-7-8-9-10-11-12-13-14-15-16-17-18-19-23-28-30(26-5-2,27-6-3)29-24-21-20-22-25-29;;;/h5-6,20-22,24-27H,4,7-19,23,28H2,1-3H3;;;/b26-5-,27-6-;;;. The van der Waals surface area contributed by atoms with Crippen LogP contribution >= 0.6 is 0 Å². The van der Waals surface area contributed by atoms with E-state index in [-0.39, 0.29) is 43.2 Å². The van der Waals surface area contributed by atoms with Crippen molar-refractivity contribution in [3.63, 3.8) is 0 Å². The van der Waals surface area contributed by atoms with E-state index in [0.717, 1.165) is 0 Å². The van der Waals surface area contributed by atoms with Gasteiger partial charge in [-0.05, 0) is 25.8 Å². The molecule has 0 atom stereocenters. The molecule has 0 spiro atoms. The van der Waals surface area contributed by atoms with Crippen LogP contribution in [0.25, 0.3) is 0 Å². The number of allylic oxidation sites excluding steroid dienone is 4. The Morgan fingerprint density at radius 2 is 0.968 bits per heavy atom. The van der Waals surface area contributed by atoms with Crippen molar-refractivity contribution in [1.29, 1.82) is 0 Å². The van der Waals surface area contributed by atoms with Crippen LogP contribution in [-0.4, -0.2) is 37.7 Å². The van der Waals surface area contributed by atoms with E-state index in [1.165, 1.54) is 108 Å². The first-order valence-electron chi connectivity index (χ1n) is 13.1. The molecule has 0 fully saturated rings. The van der Waals surface area contributed by atoms with Gasteiger partial charge in [-0.2, -0.15) is 0 Å². The zero-order chi connectivity index (χ0) is 21.8. The number of unbranched alkanes of at least 4 members (excludes halogenated alkanes) is 14. The van der Waals surface area contributed by atoms with Gasteiger partial charge < -0.3 is 0 Å². The summed E-state index contributed by atoms with van der Waals surface area (Å²) in [6, 6.07) is 11.0.